The molecule has 1 aromatic heterocycles. The molecule has 0 atom stereocenters. The number of rotatable bonds is 4. The topological polar surface area (TPSA) is 61.2 Å². The van der Waals surface area contributed by atoms with Gasteiger partial charge in [-0.05, 0) is 56.2 Å². The van der Waals surface area contributed by atoms with Gasteiger partial charge >= 0.3 is 0 Å². The third-order valence-electron chi connectivity index (χ3n) is 3.89. The van der Waals surface area contributed by atoms with E-state index in [-0.39, 0.29) is 4.90 Å². The van der Waals surface area contributed by atoms with Crippen molar-refractivity contribution in [3.8, 4) is 5.75 Å². The summed E-state index contributed by atoms with van der Waals surface area (Å²) in [7, 11) is -3.79. The van der Waals surface area contributed by atoms with Crippen LogP contribution in [0.15, 0.2) is 41.6 Å². The molecule has 0 unspecified atom stereocenters. The molecule has 24 heavy (non-hydrogen) atoms. The van der Waals surface area contributed by atoms with E-state index in [0.717, 1.165) is 11.1 Å². The molecule has 5 nitrogen and oxygen atoms in total. The van der Waals surface area contributed by atoms with Gasteiger partial charge in [-0.1, -0.05) is 11.6 Å². The molecular formula is C17H17ClN2O3S. The van der Waals surface area contributed by atoms with E-state index in [1.165, 1.54) is 28.5 Å². The SMILES string of the molecule is CCOc1cc(S(=O)(=O)n2cnc3cc(C)c(C)cc32)ccc1Cl. The van der Waals surface area contributed by atoms with Gasteiger partial charge in [-0.15, -0.1) is 0 Å². The fourth-order valence-electron chi connectivity index (χ4n) is 2.46. The van der Waals surface area contributed by atoms with Crippen LogP contribution in [-0.4, -0.2) is 24.0 Å². The minimum Gasteiger partial charge on any atom is -0.492 e. The monoisotopic (exact) mass is 364 g/mol. The Labute approximate surface area is 145 Å². The van der Waals surface area contributed by atoms with Crippen LogP contribution in [0.5, 0.6) is 5.75 Å². The van der Waals surface area contributed by atoms with Crippen LogP contribution in [0.3, 0.4) is 0 Å². The predicted octanol–water partition coefficient (Wildman–Crippen LogP) is 3.94. The number of hydrogen-bond acceptors (Lipinski definition) is 4. The molecule has 126 valence electrons. The lowest BCUT2D eigenvalue weighted by molar-refractivity contribution is 0.339. The van der Waals surface area contributed by atoms with Crippen LogP contribution in [0.4, 0.5) is 0 Å². The smallest absolute Gasteiger partial charge is 0.269 e. The third kappa shape index (κ3) is 2.76. The first-order chi connectivity index (χ1) is 11.3. The standard InChI is InChI=1S/C17H17ClN2O3S/c1-4-23-17-9-13(5-6-14(17)18)24(21,22)20-10-19-15-7-11(2)12(3)8-16(15)20/h5-10H,4H2,1-3H3. The summed E-state index contributed by atoms with van der Waals surface area (Å²) < 4.78 is 32.6. The van der Waals surface area contributed by atoms with E-state index in [1.807, 2.05) is 32.9 Å². The number of nitrogens with zero attached hydrogens (tertiary/aromatic N) is 2. The Morgan fingerprint density at radius 1 is 1.17 bits per heavy atom. The molecule has 0 aliphatic carbocycles. The number of aromatic nitrogens is 2. The number of aryl methyl sites for hydroxylation is 2. The van der Waals surface area contributed by atoms with Crippen molar-refractivity contribution in [2.75, 3.05) is 6.61 Å². The molecule has 0 aliphatic heterocycles. The number of imidazole rings is 1. The Bertz CT molecular complexity index is 1030. The molecular weight excluding hydrogens is 348 g/mol. The quantitative estimate of drug-likeness (QED) is 0.703. The largest absolute Gasteiger partial charge is 0.492 e. The van der Waals surface area contributed by atoms with Gasteiger partial charge in [0.15, 0.2) is 0 Å². The highest BCUT2D eigenvalue weighted by Crippen LogP contribution is 2.30. The van der Waals surface area contributed by atoms with Crippen LogP contribution in [0.25, 0.3) is 11.0 Å². The predicted molar refractivity (Wildman–Crippen MR) is 94.4 cm³/mol. The van der Waals surface area contributed by atoms with Crippen LogP contribution in [0.2, 0.25) is 5.02 Å². The molecule has 0 saturated heterocycles. The molecule has 0 fully saturated rings. The Kier molecular flexibility index (Phi) is 4.27. The average Bonchev–Trinajstić information content (AvgIpc) is 2.93. The second-order valence-corrected chi connectivity index (χ2v) is 7.72. The van der Waals surface area contributed by atoms with Crippen LogP contribution in [-0.2, 0) is 10.0 Å². The van der Waals surface area contributed by atoms with E-state index < -0.39 is 10.0 Å². The fourth-order valence-corrected chi connectivity index (χ4v) is 3.93. The minimum atomic E-state index is -3.79. The maximum absolute atomic E-state index is 13.0. The Hall–Kier alpha value is -2.05. The van der Waals surface area contributed by atoms with Crippen molar-refractivity contribution in [3.05, 3.63) is 52.8 Å². The first-order valence-corrected chi connectivity index (χ1v) is 9.28. The summed E-state index contributed by atoms with van der Waals surface area (Å²) in [5, 5.41) is 0.373. The number of benzene rings is 2. The highest BCUT2D eigenvalue weighted by Gasteiger charge is 2.21. The molecule has 0 radical (unpaired) electrons. The average molecular weight is 365 g/mol. The van der Waals surface area contributed by atoms with Gasteiger partial charge in [0.25, 0.3) is 10.0 Å². The zero-order chi connectivity index (χ0) is 17.5. The van der Waals surface area contributed by atoms with Crippen molar-refractivity contribution < 1.29 is 13.2 Å². The first-order valence-electron chi connectivity index (χ1n) is 7.47. The normalized spacial score (nSPS) is 11.8. The van der Waals surface area contributed by atoms with Crippen molar-refractivity contribution in [2.45, 2.75) is 25.7 Å². The maximum atomic E-state index is 13.0. The summed E-state index contributed by atoms with van der Waals surface area (Å²) >= 11 is 6.04. The van der Waals surface area contributed by atoms with Gasteiger partial charge in [-0.3, -0.25) is 0 Å². The molecule has 0 amide bonds. The van der Waals surface area contributed by atoms with Gasteiger partial charge in [0.2, 0.25) is 0 Å². The Balaban J connectivity index is 2.18. The zero-order valence-electron chi connectivity index (χ0n) is 13.6. The summed E-state index contributed by atoms with van der Waals surface area (Å²) in [5.74, 6) is 0.344. The molecule has 0 aliphatic rings. The summed E-state index contributed by atoms with van der Waals surface area (Å²) in [6.45, 7) is 6.12. The van der Waals surface area contributed by atoms with Gasteiger partial charge in [-0.2, -0.15) is 0 Å². The molecule has 0 spiro atoms. The van der Waals surface area contributed by atoms with Crippen molar-refractivity contribution in [1.82, 2.24) is 8.96 Å². The van der Waals surface area contributed by atoms with E-state index in [4.69, 9.17) is 16.3 Å². The number of ether oxygens (including phenoxy) is 1. The third-order valence-corrected chi connectivity index (χ3v) is 5.86. The Morgan fingerprint density at radius 3 is 2.58 bits per heavy atom. The molecule has 0 N–H and O–H groups in total. The highest BCUT2D eigenvalue weighted by atomic mass is 35.5. The Morgan fingerprint density at radius 2 is 1.88 bits per heavy atom. The lowest BCUT2D eigenvalue weighted by Crippen LogP contribution is -2.12. The number of hydrogen-bond donors (Lipinski definition) is 0. The molecule has 0 bridgehead atoms. The van der Waals surface area contributed by atoms with E-state index in [1.54, 1.807) is 0 Å². The zero-order valence-corrected chi connectivity index (χ0v) is 15.1. The lowest BCUT2D eigenvalue weighted by Gasteiger charge is -2.11. The highest BCUT2D eigenvalue weighted by molar-refractivity contribution is 7.90. The fraction of sp³-hybridized carbons (Fsp3) is 0.235. The van der Waals surface area contributed by atoms with Gasteiger partial charge in [0, 0.05) is 6.07 Å². The van der Waals surface area contributed by atoms with Crippen molar-refractivity contribution >= 4 is 32.7 Å². The molecule has 2 aromatic carbocycles. The van der Waals surface area contributed by atoms with E-state index in [2.05, 4.69) is 4.98 Å². The first kappa shape index (κ1) is 16.8. The lowest BCUT2D eigenvalue weighted by atomic mass is 10.1. The van der Waals surface area contributed by atoms with Crippen molar-refractivity contribution in [2.24, 2.45) is 0 Å². The molecule has 3 rings (SSSR count). The summed E-state index contributed by atoms with van der Waals surface area (Å²) in [4.78, 5) is 4.32. The van der Waals surface area contributed by atoms with Crippen LogP contribution < -0.4 is 4.74 Å². The van der Waals surface area contributed by atoms with Crippen molar-refractivity contribution in [3.63, 3.8) is 0 Å². The van der Waals surface area contributed by atoms with E-state index >= 15 is 0 Å². The minimum absolute atomic E-state index is 0.105. The summed E-state index contributed by atoms with van der Waals surface area (Å²) in [6.07, 6.45) is 1.33. The van der Waals surface area contributed by atoms with Gasteiger partial charge < -0.3 is 4.74 Å². The van der Waals surface area contributed by atoms with Crippen LogP contribution in [0, 0.1) is 13.8 Å². The molecule has 7 heteroatoms. The van der Waals surface area contributed by atoms with E-state index in [0.29, 0.717) is 28.4 Å². The van der Waals surface area contributed by atoms with E-state index in [9.17, 15) is 8.42 Å². The van der Waals surface area contributed by atoms with Crippen molar-refractivity contribution in [1.29, 1.82) is 0 Å². The number of fused-ring (bicyclic) bond motifs is 1. The van der Waals surface area contributed by atoms with Gasteiger partial charge in [-0.25, -0.2) is 17.4 Å². The van der Waals surface area contributed by atoms with Crippen LogP contribution in [0.1, 0.15) is 18.1 Å². The summed E-state index contributed by atoms with van der Waals surface area (Å²) in [6, 6.07) is 8.13. The maximum Gasteiger partial charge on any atom is 0.269 e. The van der Waals surface area contributed by atoms with Gasteiger partial charge in [0.1, 0.15) is 12.1 Å². The summed E-state index contributed by atoms with van der Waals surface area (Å²) in [5.41, 5.74) is 3.26. The second-order valence-electron chi connectivity index (χ2n) is 5.50. The van der Waals surface area contributed by atoms with Crippen LogP contribution >= 0.6 is 11.6 Å². The molecule has 3 aromatic rings. The molecule has 0 saturated carbocycles. The van der Waals surface area contributed by atoms with Gasteiger partial charge in [0.05, 0.1) is 27.6 Å². The number of halogens is 1. The second kappa shape index (κ2) is 6.11. The molecule has 1 heterocycles.